The molecule has 2 aliphatic rings. The zero-order valence-corrected chi connectivity index (χ0v) is 11.4. The lowest BCUT2D eigenvalue weighted by atomic mass is 10.2. The summed E-state index contributed by atoms with van der Waals surface area (Å²) in [5.74, 6) is 1.66. The Morgan fingerprint density at radius 3 is 2.89 bits per heavy atom. The van der Waals surface area contributed by atoms with Gasteiger partial charge in [-0.2, -0.15) is 4.98 Å². The van der Waals surface area contributed by atoms with Gasteiger partial charge in [-0.25, -0.2) is 0 Å². The number of aromatic nitrogens is 2. The summed E-state index contributed by atoms with van der Waals surface area (Å²) in [4.78, 5) is 6.54. The predicted octanol–water partition coefficient (Wildman–Crippen LogP) is 0.792. The van der Waals surface area contributed by atoms with Crippen LogP contribution in [-0.4, -0.2) is 48.5 Å². The Hall–Kier alpha value is -0.850. The topological polar surface area (TPSA) is 63.4 Å². The maximum atomic E-state index is 5.72. The van der Waals surface area contributed by atoms with E-state index in [0.29, 0.717) is 17.9 Å². The van der Waals surface area contributed by atoms with Gasteiger partial charge >= 0.3 is 0 Å². The Morgan fingerprint density at radius 1 is 1.39 bits per heavy atom. The molecule has 2 saturated heterocycles. The molecule has 3 heterocycles. The zero-order valence-electron chi connectivity index (χ0n) is 10.6. The van der Waals surface area contributed by atoms with E-state index in [-0.39, 0.29) is 24.4 Å². The predicted molar refractivity (Wildman–Crippen MR) is 69.4 cm³/mol. The molecule has 1 aromatic rings. The molecule has 0 spiro atoms. The van der Waals surface area contributed by atoms with Crippen molar-refractivity contribution in [2.45, 2.75) is 31.9 Å². The maximum absolute atomic E-state index is 5.72. The van der Waals surface area contributed by atoms with Crippen LogP contribution in [0.2, 0.25) is 0 Å². The molecular weight excluding hydrogens is 256 g/mol. The van der Waals surface area contributed by atoms with Crippen molar-refractivity contribution in [3.05, 3.63) is 5.89 Å². The van der Waals surface area contributed by atoms with Crippen LogP contribution in [0.25, 0.3) is 0 Å². The lowest BCUT2D eigenvalue weighted by Gasteiger charge is -2.25. The number of morpholine rings is 1. The van der Waals surface area contributed by atoms with Crippen molar-refractivity contribution >= 4 is 18.4 Å². The van der Waals surface area contributed by atoms with Gasteiger partial charge in [0.2, 0.25) is 5.89 Å². The number of anilines is 1. The molecule has 7 heteroatoms. The van der Waals surface area contributed by atoms with Crippen molar-refractivity contribution in [2.75, 3.05) is 31.1 Å². The van der Waals surface area contributed by atoms with Crippen LogP contribution in [0.4, 0.5) is 5.95 Å². The van der Waals surface area contributed by atoms with E-state index in [1.807, 2.05) is 13.8 Å². The third-order valence-electron chi connectivity index (χ3n) is 3.31. The molecule has 0 aliphatic carbocycles. The summed E-state index contributed by atoms with van der Waals surface area (Å²) in [6, 6.07) is 0.393. The van der Waals surface area contributed by atoms with E-state index >= 15 is 0 Å². The van der Waals surface area contributed by atoms with Gasteiger partial charge < -0.3 is 19.5 Å². The van der Waals surface area contributed by atoms with E-state index in [1.54, 1.807) is 0 Å². The highest BCUT2D eigenvalue weighted by atomic mass is 35.5. The second-order valence-electron chi connectivity index (χ2n) is 4.96. The van der Waals surface area contributed by atoms with E-state index in [2.05, 4.69) is 20.4 Å². The number of halogens is 1. The van der Waals surface area contributed by atoms with Gasteiger partial charge in [-0.3, -0.25) is 0 Å². The molecule has 0 aromatic carbocycles. The fourth-order valence-electron chi connectivity index (χ4n) is 2.35. The third kappa shape index (κ3) is 2.46. The first-order valence-electron chi connectivity index (χ1n) is 6.17. The van der Waals surface area contributed by atoms with Crippen LogP contribution < -0.4 is 10.2 Å². The molecule has 0 bridgehead atoms. The van der Waals surface area contributed by atoms with Crippen molar-refractivity contribution in [1.82, 2.24) is 15.5 Å². The van der Waals surface area contributed by atoms with Crippen LogP contribution in [0.5, 0.6) is 0 Å². The fraction of sp³-hybridized carbons (Fsp3) is 0.818. The van der Waals surface area contributed by atoms with Gasteiger partial charge in [0.25, 0.3) is 5.95 Å². The summed E-state index contributed by atoms with van der Waals surface area (Å²) in [5.41, 5.74) is 0. The van der Waals surface area contributed by atoms with Crippen LogP contribution in [0, 0.1) is 0 Å². The first-order chi connectivity index (χ1) is 8.24. The van der Waals surface area contributed by atoms with Crippen LogP contribution in [0.3, 0.4) is 0 Å². The highest BCUT2D eigenvalue weighted by Crippen LogP contribution is 2.22. The number of hydrogen-bond acceptors (Lipinski definition) is 6. The Labute approximate surface area is 112 Å². The van der Waals surface area contributed by atoms with Crippen LogP contribution in [-0.2, 0) is 4.74 Å². The molecule has 0 amide bonds. The van der Waals surface area contributed by atoms with Gasteiger partial charge in [0, 0.05) is 25.6 Å². The summed E-state index contributed by atoms with van der Waals surface area (Å²) in [6.07, 6.45) is 0.254. The number of ether oxygens (including phenoxy) is 1. The number of nitrogens with zero attached hydrogens (tertiary/aromatic N) is 3. The maximum Gasteiger partial charge on any atom is 0.266 e. The molecule has 3 rings (SSSR count). The minimum absolute atomic E-state index is 0. The van der Waals surface area contributed by atoms with Gasteiger partial charge in [0.05, 0.1) is 18.8 Å². The van der Waals surface area contributed by atoms with Gasteiger partial charge in [0.15, 0.2) is 0 Å². The Morgan fingerprint density at radius 2 is 2.22 bits per heavy atom. The first kappa shape index (κ1) is 13.6. The highest BCUT2D eigenvalue weighted by molar-refractivity contribution is 5.85. The summed E-state index contributed by atoms with van der Waals surface area (Å²) < 4.78 is 10.9. The van der Waals surface area contributed by atoms with Crippen LogP contribution in [0.15, 0.2) is 4.52 Å². The molecule has 2 atom stereocenters. The van der Waals surface area contributed by atoms with Crippen LogP contribution >= 0.6 is 12.4 Å². The fourth-order valence-corrected chi connectivity index (χ4v) is 2.35. The molecule has 0 saturated carbocycles. The van der Waals surface area contributed by atoms with Crippen molar-refractivity contribution in [3.63, 3.8) is 0 Å². The molecule has 18 heavy (non-hydrogen) atoms. The monoisotopic (exact) mass is 274 g/mol. The SMILES string of the molecule is CC(C)c1nc(N2C[C@@H]3NCCO[C@H]3C2)no1.Cl. The number of hydrogen-bond donors (Lipinski definition) is 1. The molecule has 2 fully saturated rings. The lowest BCUT2D eigenvalue weighted by molar-refractivity contribution is 0.0212. The van der Waals surface area contributed by atoms with Gasteiger partial charge in [-0.15, -0.1) is 12.4 Å². The van der Waals surface area contributed by atoms with Crippen molar-refractivity contribution < 1.29 is 9.26 Å². The van der Waals surface area contributed by atoms with E-state index < -0.39 is 0 Å². The summed E-state index contributed by atoms with van der Waals surface area (Å²) in [5, 5.41) is 7.49. The van der Waals surface area contributed by atoms with E-state index in [4.69, 9.17) is 9.26 Å². The normalized spacial score (nSPS) is 27.2. The Kier molecular flexibility index (Phi) is 4.09. The number of rotatable bonds is 2. The molecule has 0 radical (unpaired) electrons. The molecule has 1 aromatic heterocycles. The highest BCUT2D eigenvalue weighted by Gasteiger charge is 2.37. The van der Waals surface area contributed by atoms with Gasteiger partial charge in [-0.05, 0) is 5.16 Å². The van der Waals surface area contributed by atoms with Crippen LogP contribution in [0.1, 0.15) is 25.7 Å². The standard InChI is InChI=1S/C11H18N4O2.ClH/c1-7(2)10-13-11(14-17-10)15-5-8-9(6-15)16-4-3-12-8;/h7-9,12H,3-6H2,1-2H3;1H/t8-,9-;/m0./s1. The summed E-state index contributed by atoms with van der Waals surface area (Å²) >= 11 is 0. The Balaban J connectivity index is 0.00000120. The summed E-state index contributed by atoms with van der Waals surface area (Å²) in [7, 11) is 0. The minimum Gasteiger partial charge on any atom is -0.373 e. The van der Waals surface area contributed by atoms with E-state index in [9.17, 15) is 0 Å². The molecule has 0 unspecified atom stereocenters. The van der Waals surface area contributed by atoms with Crippen molar-refractivity contribution in [1.29, 1.82) is 0 Å². The largest absolute Gasteiger partial charge is 0.373 e. The molecular formula is C11H19ClN4O2. The zero-order chi connectivity index (χ0) is 11.8. The second-order valence-corrected chi connectivity index (χ2v) is 4.96. The number of fused-ring (bicyclic) bond motifs is 1. The number of nitrogens with one attached hydrogen (secondary N) is 1. The minimum atomic E-state index is 0. The average molecular weight is 275 g/mol. The van der Waals surface area contributed by atoms with Crippen molar-refractivity contribution in [3.8, 4) is 0 Å². The molecule has 102 valence electrons. The quantitative estimate of drug-likeness (QED) is 0.860. The summed E-state index contributed by atoms with van der Waals surface area (Å²) in [6.45, 7) is 7.55. The first-order valence-corrected chi connectivity index (χ1v) is 6.17. The molecule has 6 nitrogen and oxygen atoms in total. The third-order valence-corrected chi connectivity index (χ3v) is 3.31. The van der Waals surface area contributed by atoms with E-state index in [1.165, 1.54) is 0 Å². The van der Waals surface area contributed by atoms with E-state index in [0.717, 1.165) is 26.2 Å². The molecule has 2 aliphatic heterocycles. The Bertz CT molecular complexity index is 384. The second kappa shape index (κ2) is 5.42. The van der Waals surface area contributed by atoms with Gasteiger partial charge in [0.1, 0.15) is 0 Å². The molecule has 1 N–H and O–H groups in total. The lowest BCUT2D eigenvalue weighted by Crippen LogP contribution is -2.47. The smallest absolute Gasteiger partial charge is 0.266 e. The van der Waals surface area contributed by atoms with Gasteiger partial charge in [-0.1, -0.05) is 13.8 Å². The average Bonchev–Trinajstić information content (AvgIpc) is 2.95. The van der Waals surface area contributed by atoms with Crippen molar-refractivity contribution in [2.24, 2.45) is 0 Å².